The number of hydrogen-bond acceptors (Lipinski definition) is 3. The molecule has 0 saturated heterocycles. The lowest BCUT2D eigenvalue weighted by Gasteiger charge is -2.06. The van der Waals surface area contributed by atoms with Gasteiger partial charge in [-0.1, -0.05) is 24.3 Å². The van der Waals surface area contributed by atoms with Crippen LogP contribution in [0.25, 0.3) is 11.1 Å². The van der Waals surface area contributed by atoms with Gasteiger partial charge in [-0.3, -0.25) is 0 Å². The highest BCUT2D eigenvalue weighted by Gasteiger charge is 1.98. The average molecular weight is 230 g/mol. The molecule has 3 nitrogen and oxygen atoms in total. The molecule has 0 aromatic heterocycles. The van der Waals surface area contributed by atoms with E-state index in [9.17, 15) is 5.11 Å². The monoisotopic (exact) mass is 230 g/mol. The van der Waals surface area contributed by atoms with Gasteiger partial charge in [0.1, 0.15) is 18.1 Å². The first-order valence-electron chi connectivity index (χ1n) is 5.43. The Morgan fingerprint density at radius 1 is 0.824 bits per heavy atom. The predicted molar refractivity (Wildman–Crippen MR) is 66.1 cm³/mol. The zero-order valence-corrected chi connectivity index (χ0v) is 9.34. The van der Waals surface area contributed by atoms with Crippen LogP contribution in [0, 0.1) is 0 Å². The topological polar surface area (TPSA) is 49.7 Å². The second-order valence-corrected chi connectivity index (χ2v) is 3.64. The van der Waals surface area contributed by atoms with Crippen LogP contribution < -0.4 is 4.74 Å². The summed E-state index contributed by atoms with van der Waals surface area (Å²) in [5.74, 6) is 0.998. The summed E-state index contributed by atoms with van der Waals surface area (Å²) in [4.78, 5) is 0. The molecule has 0 atom stereocenters. The van der Waals surface area contributed by atoms with Crippen molar-refractivity contribution in [3.8, 4) is 22.6 Å². The number of phenols is 1. The van der Waals surface area contributed by atoms with Gasteiger partial charge in [0.25, 0.3) is 0 Å². The summed E-state index contributed by atoms with van der Waals surface area (Å²) >= 11 is 0. The molecule has 0 aliphatic rings. The second-order valence-electron chi connectivity index (χ2n) is 3.64. The Hall–Kier alpha value is -2.00. The molecule has 0 amide bonds. The third-order valence-corrected chi connectivity index (χ3v) is 2.41. The number of ether oxygens (including phenoxy) is 1. The molecular formula is C14H14O3. The standard InChI is InChI=1S/C14H14O3/c15-9-10-17-14-7-3-12(4-8-14)11-1-5-13(16)6-2-11/h1-8,15-16H,9-10H2. The van der Waals surface area contributed by atoms with Crippen LogP contribution in [0.1, 0.15) is 0 Å². The molecule has 0 bridgehead atoms. The van der Waals surface area contributed by atoms with Crippen LogP contribution in [0.5, 0.6) is 11.5 Å². The Labute approximate surface area is 99.9 Å². The molecule has 0 heterocycles. The molecule has 2 N–H and O–H groups in total. The minimum absolute atomic E-state index is 0.0136. The molecule has 0 unspecified atom stereocenters. The van der Waals surface area contributed by atoms with E-state index in [4.69, 9.17) is 9.84 Å². The lowest BCUT2D eigenvalue weighted by molar-refractivity contribution is 0.201. The van der Waals surface area contributed by atoms with E-state index in [0.29, 0.717) is 6.61 Å². The largest absolute Gasteiger partial charge is 0.508 e. The van der Waals surface area contributed by atoms with Gasteiger partial charge in [0, 0.05) is 0 Å². The van der Waals surface area contributed by atoms with E-state index in [1.807, 2.05) is 36.4 Å². The lowest BCUT2D eigenvalue weighted by atomic mass is 10.1. The minimum atomic E-state index is 0.0136. The number of hydrogen-bond donors (Lipinski definition) is 2. The third kappa shape index (κ3) is 2.98. The van der Waals surface area contributed by atoms with Crippen LogP contribution in [-0.4, -0.2) is 23.4 Å². The van der Waals surface area contributed by atoms with Crippen molar-refractivity contribution < 1.29 is 14.9 Å². The van der Waals surface area contributed by atoms with Crippen LogP contribution >= 0.6 is 0 Å². The Balaban J connectivity index is 2.14. The average Bonchev–Trinajstić information content (AvgIpc) is 2.38. The highest BCUT2D eigenvalue weighted by atomic mass is 16.5. The lowest BCUT2D eigenvalue weighted by Crippen LogP contribution is -2.01. The summed E-state index contributed by atoms with van der Waals surface area (Å²) in [7, 11) is 0. The van der Waals surface area contributed by atoms with Gasteiger partial charge in [-0.25, -0.2) is 0 Å². The van der Waals surface area contributed by atoms with E-state index in [1.54, 1.807) is 12.1 Å². The van der Waals surface area contributed by atoms with Crippen LogP contribution in [0.15, 0.2) is 48.5 Å². The minimum Gasteiger partial charge on any atom is -0.508 e. The summed E-state index contributed by atoms with van der Waals surface area (Å²) in [6.45, 7) is 0.318. The first-order valence-corrected chi connectivity index (χ1v) is 5.43. The van der Waals surface area contributed by atoms with Crippen molar-refractivity contribution in [3.63, 3.8) is 0 Å². The first kappa shape index (κ1) is 11.5. The highest BCUT2D eigenvalue weighted by Crippen LogP contribution is 2.24. The van der Waals surface area contributed by atoms with Gasteiger partial charge in [-0.15, -0.1) is 0 Å². The number of aromatic hydroxyl groups is 1. The summed E-state index contributed by atoms with van der Waals surface area (Å²) in [6, 6.07) is 14.6. The first-order chi connectivity index (χ1) is 8.29. The summed E-state index contributed by atoms with van der Waals surface area (Å²) in [5, 5.41) is 17.8. The van der Waals surface area contributed by atoms with E-state index in [2.05, 4.69) is 0 Å². The van der Waals surface area contributed by atoms with E-state index in [1.165, 1.54) is 0 Å². The van der Waals surface area contributed by atoms with Gasteiger partial charge in [0.15, 0.2) is 0 Å². The highest BCUT2D eigenvalue weighted by molar-refractivity contribution is 5.64. The predicted octanol–water partition coefficient (Wildman–Crippen LogP) is 2.43. The van der Waals surface area contributed by atoms with Gasteiger partial charge < -0.3 is 14.9 Å². The number of benzene rings is 2. The maximum Gasteiger partial charge on any atom is 0.119 e. The van der Waals surface area contributed by atoms with Crippen LogP contribution in [0.2, 0.25) is 0 Å². The van der Waals surface area contributed by atoms with Crippen molar-refractivity contribution in [3.05, 3.63) is 48.5 Å². The molecule has 0 radical (unpaired) electrons. The van der Waals surface area contributed by atoms with E-state index >= 15 is 0 Å². The maximum absolute atomic E-state index is 9.20. The SMILES string of the molecule is OCCOc1ccc(-c2ccc(O)cc2)cc1. The molecule has 0 aliphatic heterocycles. The van der Waals surface area contributed by atoms with Gasteiger partial charge in [-0.05, 0) is 35.4 Å². The van der Waals surface area contributed by atoms with Crippen molar-refractivity contribution in [2.24, 2.45) is 0 Å². The van der Waals surface area contributed by atoms with Crippen molar-refractivity contribution >= 4 is 0 Å². The second kappa shape index (κ2) is 5.37. The third-order valence-electron chi connectivity index (χ3n) is 2.41. The zero-order chi connectivity index (χ0) is 12.1. The molecule has 17 heavy (non-hydrogen) atoms. The quantitative estimate of drug-likeness (QED) is 0.848. The summed E-state index contributed by atoms with van der Waals surface area (Å²) in [5.41, 5.74) is 2.10. The van der Waals surface area contributed by atoms with E-state index < -0.39 is 0 Å². The molecule has 2 rings (SSSR count). The van der Waals surface area contributed by atoms with Gasteiger partial charge >= 0.3 is 0 Å². The van der Waals surface area contributed by atoms with Gasteiger partial charge in [0.2, 0.25) is 0 Å². The Morgan fingerprint density at radius 3 is 1.88 bits per heavy atom. The summed E-state index contributed by atoms with van der Waals surface area (Å²) in [6.07, 6.45) is 0. The van der Waals surface area contributed by atoms with Crippen LogP contribution in [-0.2, 0) is 0 Å². The molecule has 0 spiro atoms. The fraction of sp³-hybridized carbons (Fsp3) is 0.143. The van der Waals surface area contributed by atoms with Crippen LogP contribution in [0.3, 0.4) is 0 Å². The fourth-order valence-electron chi connectivity index (χ4n) is 1.56. The molecule has 2 aromatic rings. The summed E-state index contributed by atoms with van der Waals surface area (Å²) < 4.78 is 5.28. The molecule has 0 fully saturated rings. The van der Waals surface area contributed by atoms with Crippen molar-refractivity contribution in [2.45, 2.75) is 0 Å². The van der Waals surface area contributed by atoms with Crippen molar-refractivity contribution in [1.82, 2.24) is 0 Å². The van der Waals surface area contributed by atoms with Gasteiger partial charge in [-0.2, -0.15) is 0 Å². The molecule has 88 valence electrons. The molecule has 2 aromatic carbocycles. The maximum atomic E-state index is 9.20. The normalized spacial score (nSPS) is 10.2. The Morgan fingerprint density at radius 2 is 1.35 bits per heavy atom. The number of aliphatic hydroxyl groups is 1. The number of aliphatic hydroxyl groups excluding tert-OH is 1. The number of phenolic OH excluding ortho intramolecular Hbond substituents is 1. The van der Waals surface area contributed by atoms with Crippen molar-refractivity contribution in [2.75, 3.05) is 13.2 Å². The Kier molecular flexibility index (Phi) is 3.62. The zero-order valence-electron chi connectivity index (χ0n) is 9.34. The molecular weight excluding hydrogens is 216 g/mol. The fourth-order valence-corrected chi connectivity index (χ4v) is 1.56. The smallest absolute Gasteiger partial charge is 0.119 e. The molecule has 3 heteroatoms. The van der Waals surface area contributed by atoms with Crippen molar-refractivity contribution in [1.29, 1.82) is 0 Å². The molecule has 0 aliphatic carbocycles. The number of rotatable bonds is 4. The van der Waals surface area contributed by atoms with E-state index in [-0.39, 0.29) is 12.4 Å². The van der Waals surface area contributed by atoms with E-state index in [0.717, 1.165) is 16.9 Å². The van der Waals surface area contributed by atoms with Gasteiger partial charge in [0.05, 0.1) is 6.61 Å². The van der Waals surface area contributed by atoms with Crippen LogP contribution in [0.4, 0.5) is 0 Å². The Bertz CT molecular complexity index is 460. The molecule has 0 saturated carbocycles.